The molecule has 0 unspecified atom stereocenters. The van der Waals surface area contributed by atoms with E-state index in [1.54, 1.807) is 0 Å². The van der Waals surface area contributed by atoms with Gasteiger partial charge in [0.2, 0.25) is 0 Å². The fourth-order valence-corrected chi connectivity index (χ4v) is 0.841. The smallest absolute Gasteiger partial charge is 0.185 e. The number of hydrogen-bond acceptors (Lipinski definition) is 2. The van der Waals surface area contributed by atoms with Gasteiger partial charge in [0.05, 0.1) is 0 Å². The van der Waals surface area contributed by atoms with Gasteiger partial charge in [0.1, 0.15) is 5.82 Å². The Morgan fingerprint density at radius 3 is 2.64 bits per heavy atom. The third-order valence-corrected chi connectivity index (χ3v) is 1.47. The first-order valence-corrected chi connectivity index (χ1v) is 3.74. The molecule has 0 aliphatic rings. The van der Waals surface area contributed by atoms with E-state index in [1.165, 1.54) is 24.3 Å². The van der Waals surface area contributed by atoms with Crippen molar-refractivity contribution in [2.24, 2.45) is 5.11 Å². The standard InChI is InChI=1S/C9H6FN3O/c10-8-3-1-7(2-4-8)9(14)5-6-12-13-11/h1-6H/b6-5+. The van der Waals surface area contributed by atoms with Crippen molar-refractivity contribution in [2.75, 3.05) is 0 Å². The molecule has 5 heteroatoms. The zero-order valence-corrected chi connectivity index (χ0v) is 7.09. The molecule has 1 aromatic carbocycles. The van der Waals surface area contributed by atoms with Crippen LogP contribution in [0.1, 0.15) is 10.4 Å². The second kappa shape index (κ2) is 4.79. The maximum atomic E-state index is 12.5. The van der Waals surface area contributed by atoms with Crippen molar-refractivity contribution in [1.82, 2.24) is 0 Å². The molecule has 1 rings (SSSR count). The number of halogens is 1. The first kappa shape index (κ1) is 9.95. The van der Waals surface area contributed by atoms with Crippen LogP contribution >= 0.6 is 0 Å². The number of azide groups is 1. The fourth-order valence-electron chi connectivity index (χ4n) is 0.841. The molecule has 0 aliphatic heterocycles. The highest BCUT2D eigenvalue weighted by Crippen LogP contribution is 2.04. The summed E-state index contributed by atoms with van der Waals surface area (Å²) in [5.41, 5.74) is 8.28. The van der Waals surface area contributed by atoms with E-state index in [0.717, 1.165) is 12.3 Å². The third kappa shape index (κ3) is 2.73. The van der Waals surface area contributed by atoms with Gasteiger partial charge < -0.3 is 0 Å². The van der Waals surface area contributed by atoms with Crippen molar-refractivity contribution in [3.63, 3.8) is 0 Å². The number of allylic oxidation sites excluding steroid dienone is 1. The molecule has 70 valence electrons. The molecule has 0 radical (unpaired) electrons. The molecular formula is C9H6FN3O. The Kier molecular flexibility index (Phi) is 3.41. The summed E-state index contributed by atoms with van der Waals surface area (Å²) in [6, 6.07) is 5.10. The van der Waals surface area contributed by atoms with E-state index >= 15 is 0 Å². The Bertz CT molecular complexity index is 405. The van der Waals surface area contributed by atoms with Gasteiger partial charge in [0.15, 0.2) is 5.78 Å². The molecule has 0 bridgehead atoms. The average Bonchev–Trinajstić information content (AvgIpc) is 2.19. The number of rotatable bonds is 3. The summed E-state index contributed by atoms with van der Waals surface area (Å²) in [6.07, 6.45) is 2.17. The first-order valence-electron chi connectivity index (χ1n) is 3.74. The Hall–Kier alpha value is -2.13. The van der Waals surface area contributed by atoms with E-state index in [2.05, 4.69) is 10.0 Å². The number of ketones is 1. The van der Waals surface area contributed by atoms with Crippen LogP contribution in [-0.4, -0.2) is 5.78 Å². The van der Waals surface area contributed by atoms with Crippen LogP contribution in [0.3, 0.4) is 0 Å². The minimum atomic E-state index is -0.402. The molecular weight excluding hydrogens is 185 g/mol. The third-order valence-electron chi connectivity index (χ3n) is 1.47. The van der Waals surface area contributed by atoms with E-state index in [0.29, 0.717) is 5.56 Å². The SMILES string of the molecule is [N-]=[N+]=N/C=C/C(=O)c1ccc(F)cc1. The van der Waals surface area contributed by atoms with Crippen molar-refractivity contribution in [1.29, 1.82) is 0 Å². The number of carbonyl (C=O) groups is 1. The van der Waals surface area contributed by atoms with Crippen LogP contribution in [0.4, 0.5) is 4.39 Å². The van der Waals surface area contributed by atoms with Gasteiger partial charge >= 0.3 is 0 Å². The second-order valence-corrected chi connectivity index (χ2v) is 2.39. The van der Waals surface area contributed by atoms with Gasteiger partial charge in [0, 0.05) is 16.7 Å². The summed E-state index contributed by atoms with van der Waals surface area (Å²) in [5, 5.41) is 3.06. The summed E-state index contributed by atoms with van der Waals surface area (Å²) >= 11 is 0. The first-order chi connectivity index (χ1) is 6.74. The summed E-state index contributed by atoms with van der Waals surface area (Å²) in [4.78, 5) is 13.7. The zero-order chi connectivity index (χ0) is 10.4. The molecule has 0 atom stereocenters. The molecule has 0 fully saturated rings. The zero-order valence-electron chi connectivity index (χ0n) is 7.09. The molecule has 0 heterocycles. The predicted molar refractivity (Wildman–Crippen MR) is 49.0 cm³/mol. The largest absolute Gasteiger partial charge is 0.289 e. The molecule has 0 saturated carbocycles. The summed E-state index contributed by atoms with van der Waals surface area (Å²) in [5.74, 6) is -0.738. The van der Waals surface area contributed by atoms with E-state index in [-0.39, 0.29) is 5.78 Å². The lowest BCUT2D eigenvalue weighted by Gasteiger charge is -1.93. The summed E-state index contributed by atoms with van der Waals surface area (Å²) < 4.78 is 12.5. The summed E-state index contributed by atoms with van der Waals surface area (Å²) in [7, 11) is 0. The molecule has 0 amide bonds. The molecule has 0 N–H and O–H groups in total. The van der Waals surface area contributed by atoms with Gasteiger partial charge in [0.25, 0.3) is 0 Å². The van der Waals surface area contributed by atoms with Gasteiger partial charge in [-0.2, -0.15) is 0 Å². The van der Waals surface area contributed by atoms with Crippen molar-refractivity contribution in [3.8, 4) is 0 Å². The van der Waals surface area contributed by atoms with Gasteiger partial charge in [-0.1, -0.05) is 5.11 Å². The Balaban J connectivity index is 2.79. The van der Waals surface area contributed by atoms with Crippen LogP contribution in [-0.2, 0) is 0 Å². The number of benzene rings is 1. The molecule has 0 spiro atoms. The van der Waals surface area contributed by atoms with Crippen LogP contribution in [0.25, 0.3) is 10.4 Å². The molecule has 4 nitrogen and oxygen atoms in total. The lowest BCUT2D eigenvalue weighted by molar-refractivity contribution is 0.104. The Morgan fingerprint density at radius 1 is 1.43 bits per heavy atom. The maximum Gasteiger partial charge on any atom is 0.185 e. The molecule has 14 heavy (non-hydrogen) atoms. The molecule has 0 aromatic heterocycles. The molecule has 1 aromatic rings. The van der Waals surface area contributed by atoms with Crippen molar-refractivity contribution < 1.29 is 9.18 Å². The maximum absolute atomic E-state index is 12.5. The minimum absolute atomic E-state index is 0.336. The van der Waals surface area contributed by atoms with Crippen LogP contribution in [0.2, 0.25) is 0 Å². The van der Waals surface area contributed by atoms with Crippen LogP contribution in [0, 0.1) is 5.82 Å². The summed E-state index contributed by atoms with van der Waals surface area (Å²) in [6.45, 7) is 0. The van der Waals surface area contributed by atoms with Gasteiger partial charge in [-0.05, 0) is 35.9 Å². The second-order valence-electron chi connectivity index (χ2n) is 2.39. The number of hydrogen-bond donors (Lipinski definition) is 0. The molecule has 0 aliphatic carbocycles. The Labute approximate surface area is 79.3 Å². The van der Waals surface area contributed by atoms with Crippen LogP contribution in [0.5, 0.6) is 0 Å². The van der Waals surface area contributed by atoms with E-state index in [9.17, 15) is 9.18 Å². The van der Waals surface area contributed by atoms with Gasteiger partial charge in [-0.3, -0.25) is 4.79 Å². The van der Waals surface area contributed by atoms with Crippen LogP contribution < -0.4 is 0 Å². The van der Waals surface area contributed by atoms with Crippen molar-refractivity contribution >= 4 is 5.78 Å². The highest BCUT2D eigenvalue weighted by atomic mass is 19.1. The minimum Gasteiger partial charge on any atom is -0.289 e. The predicted octanol–water partition coefficient (Wildman–Crippen LogP) is 2.83. The molecule has 0 saturated heterocycles. The highest BCUT2D eigenvalue weighted by Gasteiger charge is 2.00. The monoisotopic (exact) mass is 191 g/mol. The van der Waals surface area contributed by atoms with E-state index < -0.39 is 5.82 Å². The van der Waals surface area contributed by atoms with Crippen molar-refractivity contribution in [3.05, 3.63) is 58.4 Å². The number of nitrogens with zero attached hydrogens (tertiary/aromatic N) is 3. The normalized spacial score (nSPS) is 9.79. The lowest BCUT2D eigenvalue weighted by Crippen LogP contribution is -1.93. The van der Waals surface area contributed by atoms with E-state index in [1.807, 2.05) is 0 Å². The lowest BCUT2D eigenvalue weighted by atomic mass is 10.1. The average molecular weight is 191 g/mol. The quantitative estimate of drug-likeness (QED) is 0.238. The van der Waals surface area contributed by atoms with Crippen LogP contribution in [0.15, 0.2) is 41.7 Å². The topological polar surface area (TPSA) is 65.8 Å². The van der Waals surface area contributed by atoms with E-state index in [4.69, 9.17) is 5.53 Å². The van der Waals surface area contributed by atoms with Crippen molar-refractivity contribution in [2.45, 2.75) is 0 Å². The van der Waals surface area contributed by atoms with Gasteiger partial charge in [-0.25, -0.2) is 4.39 Å². The highest BCUT2D eigenvalue weighted by molar-refractivity contribution is 6.04. The number of carbonyl (C=O) groups excluding carboxylic acids is 1. The fraction of sp³-hybridized carbons (Fsp3) is 0. The Morgan fingerprint density at radius 2 is 2.07 bits per heavy atom. The van der Waals surface area contributed by atoms with Gasteiger partial charge in [-0.15, -0.1) is 0 Å².